The van der Waals surface area contributed by atoms with Crippen molar-refractivity contribution in [3.8, 4) is 5.69 Å². The molecule has 0 aliphatic rings. The average molecular weight is 305 g/mol. The monoisotopic (exact) mass is 305 g/mol. The van der Waals surface area contributed by atoms with E-state index < -0.39 is 0 Å². The van der Waals surface area contributed by atoms with Gasteiger partial charge in [-0.25, -0.2) is 0 Å². The van der Waals surface area contributed by atoms with E-state index in [-0.39, 0.29) is 11.2 Å². The quantitative estimate of drug-likeness (QED) is 0.807. The molecule has 1 aromatic heterocycles. The van der Waals surface area contributed by atoms with Crippen molar-refractivity contribution >= 4 is 17.7 Å². The molecule has 1 atom stereocenters. The van der Waals surface area contributed by atoms with E-state index in [0.29, 0.717) is 5.16 Å². The highest BCUT2D eigenvalue weighted by molar-refractivity contribution is 8.00. The van der Waals surface area contributed by atoms with E-state index in [1.165, 1.54) is 17.3 Å². The molecule has 1 aromatic carbocycles. The molecule has 0 aliphatic heterocycles. The summed E-state index contributed by atoms with van der Waals surface area (Å²) in [5.74, 6) is 0.0375. The van der Waals surface area contributed by atoms with E-state index in [4.69, 9.17) is 0 Å². The summed E-state index contributed by atoms with van der Waals surface area (Å²) < 4.78 is 1.69. The SMILES string of the molecule is Cc1cccc(-n2nnnc2SC(C)C(=O)N(C)C)c1C. The minimum atomic E-state index is -0.241. The molecule has 0 spiro atoms. The number of benzene rings is 1. The van der Waals surface area contributed by atoms with Gasteiger partial charge in [-0.05, 0) is 48.4 Å². The summed E-state index contributed by atoms with van der Waals surface area (Å²) in [6, 6.07) is 6.00. The first-order chi connectivity index (χ1) is 9.91. The Morgan fingerprint density at radius 3 is 2.71 bits per heavy atom. The number of carbonyl (C=O) groups excluding carboxylic acids is 1. The molecule has 1 heterocycles. The zero-order valence-corrected chi connectivity index (χ0v) is 13.7. The smallest absolute Gasteiger partial charge is 0.235 e. The van der Waals surface area contributed by atoms with Crippen molar-refractivity contribution in [3.05, 3.63) is 29.3 Å². The lowest BCUT2D eigenvalue weighted by molar-refractivity contribution is -0.127. The molecule has 0 saturated carbocycles. The van der Waals surface area contributed by atoms with Crippen molar-refractivity contribution in [2.75, 3.05) is 14.1 Å². The van der Waals surface area contributed by atoms with Crippen molar-refractivity contribution in [3.63, 3.8) is 0 Å². The van der Waals surface area contributed by atoms with Gasteiger partial charge in [-0.15, -0.1) is 5.10 Å². The van der Waals surface area contributed by atoms with Gasteiger partial charge in [0.2, 0.25) is 11.1 Å². The van der Waals surface area contributed by atoms with Gasteiger partial charge in [0.1, 0.15) is 0 Å². The lowest BCUT2D eigenvalue weighted by Crippen LogP contribution is -2.29. The Morgan fingerprint density at radius 1 is 1.33 bits per heavy atom. The van der Waals surface area contributed by atoms with Crippen LogP contribution in [0, 0.1) is 13.8 Å². The van der Waals surface area contributed by atoms with Crippen LogP contribution in [0.15, 0.2) is 23.4 Å². The van der Waals surface area contributed by atoms with Crippen molar-refractivity contribution in [1.82, 2.24) is 25.1 Å². The Labute approximate surface area is 128 Å². The summed E-state index contributed by atoms with van der Waals surface area (Å²) in [6.45, 7) is 5.94. The lowest BCUT2D eigenvalue weighted by atomic mass is 10.1. The third-order valence-corrected chi connectivity index (χ3v) is 4.34. The fourth-order valence-corrected chi connectivity index (χ4v) is 2.89. The largest absolute Gasteiger partial charge is 0.348 e. The van der Waals surface area contributed by atoms with E-state index in [9.17, 15) is 4.79 Å². The van der Waals surface area contributed by atoms with Crippen LogP contribution < -0.4 is 0 Å². The van der Waals surface area contributed by atoms with Gasteiger partial charge >= 0.3 is 0 Å². The fraction of sp³-hybridized carbons (Fsp3) is 0.429. The van der Waals surface area contributed by atoms with Crippen LogP contribution in [0.2, 0.25) is 0 Å². The van der Waals surface area contributed by atoms with E-state index >= 15 is 0 Å². The molecule has 2 rings (SSSR count). The first-order valence-electron chi connectivity index (χ1n) is 6.64. The minimum Gasteiger partial charge on any atom is -0.348 e. The number of aryl methyl sites for hydroxylation is 1. The molecule has 0 bridgehead atoms. The summed E-state index contributed by atoms with van der Waals surface area (Å²) in [4.78, 5) is 13.5. The minimum absolute atomic E-state index is 0.0375. The molecule has 7 heteroatoms. The number of rotatable bonds is 4. The van der Waals surface area contributed by atoms with Crippen LogP contribution in [-0.4, -0.2) is 50.4 Å². The molecule has 0 saturated heterocycles. The zero-order valence-electron chi connectivity index (χ0n) is 12.9. The molecule has 6 nitrogen and oxygen atoms in total. The number of amides is 1. The molecule has 1 amide bonds. The Hall–Kier alpha value is -1.89. The molecule has 21 heavy (non-hydrogen) atoms. The normalized spacial score (nSPS) is 12.2. The van der Waals surface area contributed by atoms with E-state index in [2.05, 4.69) is 15.5 Å². The zero-order chi connectivity index (χ0) is 15.6. The molecule has 0 N–H and O–H groups in total. The third kappa shape index (κ3) is 3.24. The molecular weight excluding hydrogens is 286 g/mol. The molecule has 0 aliphatic carbocycles. The second-order valence-electron chi connectivity index (χ2n) is 5.09. The van der Waals surface area contributed by atoms with Crippen LogP contribution in [0.1, 0.15) is 18.1 Å². The van der Waals surface area contributed by atoms with Gasteiger partial charge in [0.05, 0.1) is 10.9 Å². The molecule has 0 fully saturated rings. The predicted octanol–water partition coefficient (Wildman–Crippen LogP) is 1.85. The Morgan fingerprint density at radius 2 is 2.05 bits per heavy atom. The van der Waals surface area contributed by atoms with Crippen LogP contribution in [0.4, 0.5) is 0 Å². The number of hydrogen-bond acceptors (Lipinski definition) is 5. The Balaban J connectivity index is 2.31. The maximum atomic E-state index is 12.0. The van der Waals surface area contributed by atoms with E-state index in [1.54, 1.807) is 23.7 Å². The van der Waals surface area contributed by atoms with Crippen molar-refractivity contribution < 1.29 is 4.79 Å². The summed E-state index contributed by atoms with van der Waals surface area (Å²) in [7, 11) is 3.49. The van der Waals surface area contributed by atoms with Gasteiger partial charge in [0, 0.05) is 14.1 Å². The standard InChI is InChI=1S/C14H19N5OS/c1-9-7-6-8-12(10(9)2)19-14(15-16-17-19)21-11(3)13(20)18(4)5/h6-8,11H,1-5H3. The van der Waals surface area contributed by atoms with Crippen LogP contribution in [-0.2, 0) is 4.79 Å². The highest BCUT2D eigenvalue weighted by atomic mass is 32.2. The van der Waals surface area contributed by atoms with Crippen molar-refractivity contribution in [2.45, 2.75) is 31.2 Å². The summed E-state index contributed by atoms with van der Waals surface area (Å²) in [5.41, 5.74) is 3.24. The average Bonchev–Trinajstić information content (AvgIpc) is 2.88. The molecular formula is C14H19N5OS. The Bertz CT molecular complexity index is 653. The maximum Gasteiger partial charge on any atom is 0.235 e. The number of tetrazole rings is 1. The maximum absolute atomic E-state index is 12.0. The Kier molecular flexibility index (Phi) is 4.62. The van der Waals surface area contributed by atoms with Crippen LogP contribution >= 0.6 is 11.8 Å². The summed E-state index contributed by atoms with van der Waals surface area (Å²) in [6.07, 6.45) is 0. The first-order valence-corrected chi connectivity index (χ1v) is 7.52. The molecule has 112 valence electrons. The van der Waals surface area contributed by atoms with Crippen molar-refractivity contribution in [2.24, 2.45) is 0 Å². The summed E-state index contributed by atoms with van der Waals surface area (Å²) in [5, 5.41) is 12.2. The highest BCUT2D eigenvalue weighted by Gasteiger charge is 2.21. The van der Waals surface area contributed by atoms with E-state index in [1.807, 2.05) is 39.0 Å². The van der Waals surface area contributed by atoms with Crippen LogP contribution in [0.5, 0.6) is 0 Å². The van der Waals surface area contributed by atoms with Crippen molar-refractivity contribution in [1.29, 1.82) is 0 Å². The molecule has 2 aromatic rings. The number of aromatic nitrogens is 4. The van der Waals surface area contributed by atoms with Gasteiger partial charge in [0.25, 0.3) is 0 Å². The van der Waals surface area contributed by atoms with Gasteiger partial charge in [-0.3, -0.25) is 4.79 Å². The highest BCUT2D eigenvalue weighted by Crippen LogP contribution is 2.25. The second kappa shape index (κ2) is 6.26. The first kappa shape index (κ1) is 15.5. The van der Waals surface area contributed by atoms with Crippen LogP contribution in [0.25, 0.3) is 5.69 Å². The van der Waals surface area contributed by atoms with Gasteiger partial charge in [-0.2, -0.15) is 4.68 Å². The third-order valence-electron chi connectivity index (χ3n) is 3.32. The number of hydrogen-bond donors (Lipinski definition) is 0. The fourth-order valence-electron chi connectivity index (χ4n) is 1.94. The summed E-state index contributed by atoms with van der Waals surface area (Å²) >= 11 is 1.36. The van der Waals surface area contributed by atoms with Gasteiger partial charge < -0.3 is 4.90 Å². The lowest BCUT2D eigenvalue weighted by Gasteiger charge is -2.16. The number of carbonyl (C=O) groups is 1. The van der Waals surface area contributed by atoms with Crippen LogP contribution in [0.3, 0.4) is 0 Å². The molecule has 1 unspecified atom stereocenters. The van der Waals surface area contributed by atoms with Gasteiger partial charge in [-0.1, -0.05) is 23.9 Å². The second-order valence-corrected chi connectivity index (χ2v) is 6.39. The predicted molar refractivity (Wildman–Crippen MR) is 82.6 cm³/mol. The van der Waals surface area contributed by atoms with E-state index in [0.717, 1.165) is 11.3 Å². The number of nitrogens with zero attached hydrogens (tertiary/aromatic N) is 5. The number of thioether (sulfide) groups is 1. The van der Waals surface area contributed by atoms with Gasteiger partial charge in [0.15, 0.2) is 0 Å². The molecule has 0 radical (unpaired) electrons. The topological polar surface area (TPSA) is 63.9 Å².